The summed E-state index contributed by atoms with van der Waals surface area (Å²) in [6.07, 6.45) is 0. The maximum atomic E-state index is 4.97. The van der Waals surface area contributed by atoms with Gasteiger partial charge >= 0.3 is 0 Å². The fourth-order valence-electron chi connectivity index (χ4n) is 5.95. The van der Waals surface area contributed by atoms with Gasteiger partial charge in [-0.15, -0.1) is 0 Å². The molecule has 0 saturated carbocycles. The third-order valence-electron chi connectivity index (χ3n) is 7.45. The summed E-state index contributed by atoms with van der Waals surface area (Å²) in [7, 11) is 0. The highest BCUT2D eigenvalue weighted by Crippen LogP contribution is 2.41. The molecule has 0 unspecified atom stereocenters. The normalized spacial score (nSPS) is 12.0. The Morgan fingerprint density at radius 1 is 0.472 bits per heavy atom. The van der Waals surface area contributed by atoms with Crippen LogP contribution < -0.4 is 0 Å². The number of rotatable bonds is 1. The van der Waals surface area contributed by atoms with Crippen LogP contribution in [-0.4, -0.2) is 14.5 Å². The molecule has 8 rings (SSSR count). The molecule has 0 spiro atoms. The van der Waals surface area contributed by atoms with Crippen LogP contribution in [0.2, 0.25) is 0 Å². The second kappa shape index (κ2) is 7.12. The number of aromatic nitrogens is 3. The molecule has 3 heteroatoms. The van der Waals surface area contributed by atoms with Crippen molar-refractivity contribution in [2.75, 3.05) is 0 Å². The van der Waals surface area contributed by atoms with E-state index in [-0.39, 0.29) is 0 Å². The minimum atomic E-state index is 0.771. The van der Waals surface area contributed by atoms with Crippen LogP contribution in [-0.2, 0) is 0 Å². The molecule has 0 N–H and O–H groups in total. The molecule has 0 amide bonds. The Morgan fingerprint density at radius 2 is 1.14 bits per heavy atom. The van der Waals surface area contributed by atoms with Crippen molar-refractivity contribution in [1.29, 1.82) is 0 Å². The van der Waals surface area contributed by atoms with Gasteiger partial charge < -0.3 is 0 Å². The third kappa shape index (κ3) is 2.57. The molecular weight excluding hydrogens is 438 g/mol. The predicted molar refractivity (Wildman–Crippen MR) is 151 cm³/mol. The van der Waals surface area contributed by atoms with Crippen molar-refractivity contribution in [2.24, 2.45) is 0 Å². The smallest absolute Gasteiger partial charge is 0.149 e. The van der Waals surface area contributed by atoms with Gasteiger partial charge in [-0.2, -0.15) is 0 Å². The lowest BCUT2D eigenvalue weighted by molar-refractivity contribution is 1.01. The molecule has 0 aliphatic carbocycles. The Kier molecular flexibility index (Phi) is 3.87. The van der Waals surface area contributed by atoms with E-state index in [9.17, 15) is 0 Å². The molecule has 0 saturated heterocycles. The number of hydrogen-bond acceptors (Lipinski definition) is 2. The van der Waals surface area contributed by atoms with Crippen LogP contribution in [0, 0.1) is 6.92 Å². The van der Waals surface area contributed by atoms with E-state index in [4.69, 9.17) is 9.97 Å². The van der Waals surface area contributed by atoms with Crippen molar-refractivity contribution >= 4 is 65.0 Å². The Balaban J connectivity index is 1.60. The molecule has 3 nitrogen and oxygen atoms in total. The Morgan fingerprint density at radius 3 is 2.06 bits per heavy atom. The zero-order valence-corrected chi connectivity index (χ0v) is 19.7. The summed E-state index contributed by atoms with van der Waals surface area (Å²) < 4.78 is 2.31. The highest BCUT2D eigenvalue weighted by Gasteiger charge is 2.18. The maximum absolute atomic E-state index is 4.97. The van der Waals surface area contributed by atoms with E-state index in [2.05, 4.69) is 108 Å². The molecule has 0 bridgehead atoms. The summed E-state index contributed by atoms with van der Waals surface area (Å²) in [5.74, 6) is 1.70. The Bertz CT molecular complexity index is 2170. The number of para-hydroxylation sites is 2. The molecule has 8 aromatic rings. The Hall–Kier alpha value is -4.76. The number of nitrogens with zero attached hydrogens (tertiary/aromatic N) is 3. The summed E-state index contributed by atoms with van der Waals surface area (Å²) in [6.45, 7) is 1.97. The zero-order valence-electron chi connectivity index (χ0n) is 19.7. The minimum Gasteiger partial charge on any atom is -0.293 e. The van der Waals surface area contributed by atoms with E-state index >= 15 is 0 Å². The summed E-state index contributed by atoms with van der Waals surface area (Å²) in [4.78, 5) is 9.66. The summed E-state index contributed by atoms with van der Waals surface area (Å²) in [6, 6.07) is 39.2. The summed E-state index contributed by atoms with van der Waals surface area (Å²) in [5, 5.41) is 11.2. The monoisotopic (exact) mass is 459 g/mol. The van der Waals surface area contributed by atoms with Crippen molar-refractivity contribution in [3.8, 4) is 5.82 Å². The number of aryl methyl sites for hydroxylation is 1. The molecular formula is C33H21N3. The van der Waals surface area contributed by atoms with Gasteiger partial charge in [0.25, 0.3) is 0 Å². The zero-order chi connectivity index (χ0) is 23.8. The quantitative estimate of drug-likeness (QED) is 0.230. The first kappa shape index (κ1) is 19.5. The van der Waals surface area contributed by atoms with Gasteiger partial charge in [-0.05, 0) is 63.5 Å². The van der Waals surface area contributed by atoms with Crippen molar-refractivity contribution in [2.45, 2.75) is 6.92 Å². The van der Waals surface area contributed by atoms with Crippen LogP contribution in [0.4, 0.5) is 0 Å². The lowest BCUT2D eigenvalue weighted by atomic mass is 9.94. The topological polar surface area (TPSA) is 30.7 Å². The van der Waals surface area contributed by atoms with Crippen LogP contribution >= 0.6 is 0 Å². The fraction of sp³-hybridized carbons (Fsp3) is 0.0303. The van der Waals surface area contributed by atoms with Crippen LogP contribution in [0.3, 0.4) is 0 Å². The van der Waals surface area contributed by atoms with Crippen molar-refractivity contribution in [3.63, 3.8) is 0 Å². The van der Waals surface area contributed by atoms with Gasteiger partial charge in [0.2, 0.25) is 0 Å². The predicted octanol–water partition coefficient (Wildman–Crippen LogP) is 8.49. The molecule has 168 valence electrons. The maximum Gasteiger partial charge on any atom is 0.149 e. The lowest BCUT2D eigenvalue weighted by Gasteiger charge is -2.12. The molecule has 0 atom stereocenters. The molecule has 36 heavy (non-hydrogen) atoms. The van der Waals surface area contributed by atoms with Crippen LogP contribution in [0.5, 0.6) is 0 Å². The molecule has 0 aliphatic rings. The first-order valence-electron chi connectivity index (χ1n) is 12.3. The second-order valence-electron chi connectivity index (χ2n) is 9.47. The van der Waals surface area contributed by atoms with Gasteiger partial charge in [0.05, 0.1) is 16.6 Å². The average Bonchev–Trinajstić information content (AvgIpc) is 3.26. The highest BCUT2D eigenvalue weighted by molar-refractivity contribution is 6.29. The van der Waals surface area contributed by atoms with Crippen molar-refractivity contribution in [1.82, 2.24) is 14.5 Å². The van der Waals surface area contributed by atoms with E-state index in [0.29, 0.717) is 0 Å². The molecule has 2 aromatic heterocycles. The first-order chi connectivity index (χ1) is 17.8. The van der Waals surface area contributed by atoms with Gasteiger partial charge in [0.1, 0.15) is 11.6 Å². The second-order valence-corrected chi connectivity index (χ2v) is 9.47. The largest absolute Gasteiger partial charge is 0.293 e. The van der Waals surface area contributed by atoms with Gasteiger partial charge in [0.15, 0.2) is 0 Å². The highest BCUT2D eigenvalue weighted by atomic mass is 15.1. The van der Waals surface area contributed by atoms with Crippen LogP contribution in [0.1, 0.15) is 5.82 Å². The number of benzene rings is 6. The molecule has 6 aromatic carbocycles. The summed E-state index contributed by atoms with van der Waals surface area (Å²) >= 11 is 0. The van der Waals surface area contributed by atoms with Gasteiger partial charge in [0, 0.05) is 16.2 Å². The standard InChI is InChI=1S/C33H21N3/c1-20-34-28-12-6-4-10-26(28)33(35-20)36-29-13-7-5-11-27(29)32-25-17-16-22-15-14-21-8-2-3-9-23(21)31(22)24(25)18-19-30(32)36/h2-19H,1H3. The summed E-state index contributed by atoms with van der Waals surface area (Å²) in [5.41, 5.74) is 3.27. The fourth-order valence-corrected chi connectivity index (χ4v) is 5.95. The average molecular weight is 460 g/mol. The Labute approximate surface area is 207 Å². The van der Waals surface area contributed by atoms with Gasteiger partial charge in [-0.1, -0.05) is 84.9 Å². The SMILES string of the molecule is Cc1nc(-n2c3ccccc3c3c4ccc5ccc6ccccc6c5c4ccc32)c2ccccc2n1. The van der Waals surface area contributed by atoms with E-state index < -0.39 is 0 Å². The van der Waals surface area contributed by atoms with Gasteiger partial charge in [-0.3, -0.25) is 4.57 Å². The number of fused-ring (bicyclic) bond motifs is 10. The first-order valence-corrected chi connectivity index (χ1v) is 12.3. The molecule has 0 aliphatic heterocycles. The van der Waals surface area contributed by atoms with Crippen LogP contribution in [0.25, 0.3) is 70.8 Å². The van der Waals surface area contributed by atoms with E-state index in [1.54, 1.807) is 0 Å². The minimum absolute atomic E-state index is 0.771. The third-order valence-corrected chi connectivity index (χ3v) is 7.45. The van der Waals surface area contributed by atoms with E-state index in [0.717, 1.165) is 33.6 Å². The van der Waals surface area contributed by atoms with Crippen molar-refractivity contribution in [3.05, 3.63) is 115 Å². The van der Waals surface area contributed by atoms with E-state index in [1.165, 1.54) is 43.1 Å². The van der Waals surface area contributed by atoms with Crippen molar-refractivity contribution < 1.29 is 0 Å². The van der Waals surface area contributed by atoms with Gasteiger partial charge in [-0.25, -0.2) is 9.97 Å². The molecule has 0 fully saturated rings. The number of hydrogen-bond donors (Lipinski definition) is 0. The van der Waals surface area contributed by atoms with E-state index in [1.807, 2.05) is 13.0 Å². The molecule has 0 radical (unpaired) electrons. The van der Waals surface area contributed by atoms with Crippen LogP contribution in [0.15, 0.2) is 109 Å². The lowest BCUT2D eigenvalue weighted by Crippen LogP contribution is -2.02. The molecule has 2 heterocycles.